The van der Waals surface area contributed by atoms with E-state index in [-0.39, 0.29) is 22.9 Å². The number of sulfonamides is 1. The molecule has 0 fully saturated rings. The molecule has 0 aliphatic heterocycles. The van der Waals surface area contributed by atoms with Crippen molar-refractivity contribution in [3.63, 3.8) is 0 Å². The molecule has 0 unspecified atom stereocenters. The topological polar surface area (TPSA) is 86.8 Å². The van der Waals surface area contributed by atoms with Crippen molar-refractivity contribution < 1.29 is 22.4 Å². The third-order valence-corrected chi connectivity index (χ3v) is 7.87. The first kappa shape index (κ1) is 28.8. The summed E-state index contributed by atoms with van der Waals surface area (Å²) < 4.78 is 43.0. The van der Waals surface area contributed by atoms with Crippen molar-refractivity contribution in [1.82, 2.24) is 10.2 Å². The summed E-state index contributed by atoms with van der Waals surface area (Å²) in [7, 11) is -4.13. The number of carbonyl (C=O) groups excluding carboxylic acids is 2. The third kappa shape index (κ3) is 7.19. The Morgan fingerprint density at radius 1 is 0.895 bits per heavy atom. The summed E-state index contributed by atoms with van der Waals surface area (Å²) in [5.74, 6) is -1.38. The number of benzene rings is 3. The van der Waals surface area contributed by atoms with Crippen LogP contribution in [0.1, 0.15) is 31.9 Å². The maximum absolute atomic E-state index is 14.6. The summed E-state index contributed by atoms with van der Waals surface area (Å²) in [4.78, 5) is 28.0. The van der Waals surface area contributed by atoms with E-state index in [9.17, 15) is 22.4 Å². The molecule has 0 aliphatic rings. The molecular weight excluding hydrogens is 505 g/mol. The van der Waals surface area contributed by atoms with Gasteiger partial charge < -0.3 is 10.2 Å². The molecule has 0 radical (unpaired) electrons. The molecule has 3 aromatic carbocycles. The zero-order chi connectivity index (χ0) is 27.9. The van der Waals surface area contributed by atoms with Crippen molar-refractivity contribution in [3.05, 3.63) is 95.8 Å². The van der Waals surface area contributed by atoms with Crippen LogP contribution in [0.15, 0.2) is 83.8 Å². The summed E-state index contributed by atoms with van der Waals surface area (Å²) in [6.07, 6.45) is 0. The van der Waals surface area contributed by atoms with Gasteiger partial charge in [0.2, 0.25) is 11.8 Å². The number of anilines is 1. The average Bonchev–Trinajstić information content (AvgIpc) is 2.90. The second-order valence-electron chi connectivity index (χ2n) is 9.59. The Kier molecular flexibility index (Phi) is 9.63. The highest BCUT2D eigenvalue weighted by molar-refractivity contribution is 7.92. The quantitative estimate of drug-likeness (QED) is 0.388. The first-order chi connectivity index (χ1) is 18.0. The molecule has 0 bridgehead atoms. The minimum absolute atomic E-state index is 0.0248. The Morgan fingerprint density at radius 3 is 2.11 bits per heavy atom. The van der Waals surface area contributed by atoms with Crippen LogP contribution < -0.4 is 9.62 Å². The van der Waals surface area contributed by atoms with E-state index in [1.54, 1.807) is 55.5 Å². The first-order valence-corrected chi connectivity index (χ1v) is 13.9. The second kappa shape index (κ2) is 12.7. The van der Waals surface area contributed by atoms with Gasteiger partial charge in [-0.15, -0.1) is 0 Å². The molecule has 0 aromatic heterocycles. The first-order valence-electron chi connectivity index (χ1n) is 12.5. The number of hydrogen-bond acceptors (Lipinski definition) is 4. The molecule has 202 valence electrons. The van der Waals surface area contributed by atoms with Gasteiger partial charge in [-0.1, -0.05) is 67.9 Å². The number of halogens is 1. The average molecular weight is 540 g/mol. The number of aryl methyl sites for hydroxylation is 1. The van der Waals surface area contributed by atoms with E-state index in [1.165, 1.54) is 35.2 Å². The number of amides is 2. The van der Waals surface area contributed by atoms with Crippen molar-refractivity contribution in [2.24, 2.45) is 5.92 Å². The predicted molar refractivity (Wildman–Crippen MR) is 146 cm³/mol. The van der Waals surface area contributed by atoms with E-state index in [0.29, 0.717) is 12.2 Å². The van der Waals surface area contributed by atoms with Gasteiger partial charge in [0.1, 0.15) is 18.4 Å². The molecule has 1 N–H and O–H groups in total. The number of carbonyl (C=O) groups is 2. The van der Waals surface area contributed by atoms with E-state index in [4.69, 9.17) is 0 Å². The minimum atomic E-state index is -4.13. The van der Waals surface area contributed by atoms with Crippen LogP contribution in [0.3, 0.4) is 0 Å². The van der Waals surface area contributed by atoms with E-state index < -0.39 is 40.2 Å². The fourth-order valence-electron chi connectivity index (χ4n) is 3.80. The highest BCUT2D eigenvalue weighted by atomic mass is 32.2. The summed E-state index contributed by atoms with van der Waals surface area (Å²) in [6, 6.07) is 19.6. The molecular formula is C29H34FN3O4S. The van der Waals surface area contributed by atoms with E-state index in [2.05, 4.69) is 5.32 Å². The lowest BCUT2D eigenvalue weighted by molar-refractivity contribution is -0.139. The molecule has 38 heavy (non-hydrogen) atoms. The predicted octanol–water partition coefficient (Wildman–Crippen LogP) is 4.52. The van der Waals surface area contributed by atoms with Crippen LogP contribution in [0, 0.1) is 18.7 Å². The number of nitrogens with zero attached hydrogens (tertiary/aromatic N) is 2. The van der Waals surface area contributed by atoms with Crippen LogP contribution in [-0.2, 0) is 26.2 Å². The van der Waals surface area contributed by atoms with Crippen LogP contribution in [0.5, 0.6) is 0 Å². The van der Waals surface area contributed by atoms with Gasteiger partial charge in [0, 0.05) is 18.7 Å². The maximum Gasteiger partial charge on any atom is 0.264 e. The number of nitrogens with one attached hydrogen (secondary N) is 1. The molecule has 3 rings (SSSR count). The van der Waals surface area contributed by atoms with Crippen molar-refractivity contribution in [2.45, 2.75) is 45.2 Å². The lowest BCUT2D eigenvalue weighted by atomic mass is 10.1. The largest absolute Gasteiger partial charge is 0.354 e. The molecule has 0 aliphatic carbocycles. The van der Waals surface area contributed by atoms with Gasteiger partial charge in [0.25, 0.3) is 10.0 Å². The second-order valence-corrected chi connectivity index (χ2v) is 11.5. The Bertz CT molecular complexity index is 1350. The highest BCUT2D eigenvalue weighted by Crippen LogP contribution is 2.25. The van der Waals surface area contributed by atoms with Crippen molar-refractivity contribution in [1.29, 1.82) is 0 Å². The van der Waals surface area contributed by atoms with E-state index >= 15 is 0 Å². The normalized spacial score (nSPS) is 12.2. The van der Waals surface area contributed by atoms with Crippen LogP contribution in [0.2, 0.25) is 0 Å². The van der Waals surface area contributed by atoms with Gasteiger partial charge in [-0.3, -0.25) is 13.9 Å². The lowest BCUT2D eigenvalue weighted by Gasteiger charge is -2.32. The van der Waals surface area contributed by atoms with Gasteiger partial charge in [-0.2, -0.15) is 0 Å². The van der Waals surface area contributed by atoms with Gasteiger partial charge in [-0.25, -0.2) is 12.8 Å². The van der Waals surface area contributed by atoms with Crippen molar-refractivity contribution in [2.75, 3.05) is 17.4 Å². The zero-order valence-electron chi connectivity index (χ0n) is 22.1. The summed E-state index contributed by atoms with van der Waals surface area (Å²) in [5.41, 5.74) is 1.45. The van der Waals surface area contributed by atoms with E-state index in [1.807, 2.05) is 20.8 Å². The van der Waals surface area contributed by atoms with Gasteiger partial charge in [0.05, 0.1) is 10.6 Å². The lowest BCUT2D eigenvalue weighted by Crippen LogP contribution is -2.51. The molecule has 7 nitrogen and oxygen atoms in total. The highest BCUT2D eigenvalue weighted by Gasteiger charge is 2.32. The van der Waals surface area contributed by atoms with Crippen LogP contribution >= 0.6 is 0 Å². The van der Waals surface area contributed by atoms with Crippen LogP contribution in [-0.4, -0.2) is 44.3 Å². The fraction of sp³-hybridized carbons (Fsp3) is 0.310. The fourth-order valence-corrected chi connectivity index (χ4v) is 5.24. The molecule has 9 heteroatoms. The van der Waals surface area contributed by atoms with E-state index in [0.717, 1.165) is 9.87 Å². The zero-order valence-corrected chi connectivity index (χ0v) is 22.9. The Morgan fingerprint density at radius 2 is 1.50 bits per heavy atom. The standard InChI is InChI=1S/C29H34FN3O4S/c1-21(2)18-31-29(35)23(4)32(19-24-10-8-9-13-27(24)30)28(34)20-33(25-16-14-22(3)15-17-25)38(36,37)26-11-6-5-7-12-26/h5-17,21,23H,18-20H2,1-4H3,(H,31,35)/t23-/m1/s1. The summed E-state index contributed by atoms with van der Waals surface area (Å²) in [6.45, 7) is 6.95. The molecule has 3 aromatic rings. The summed E-state index contributed by atoms with van der Waals surface area (Å²) >= 11 is 0. The molecule has 1 atom stereocenters. The smallest absolute Gasteiger partial charge is 0.264 e. The number of hydrogen-bond donors (Lipinski definition) is 1. The Hall–Kier alpha value is -3.72. The van der Waals surface area contributed by atoms with Crippen LogP contribution in [0.4, 0.5) is 10.1 Å². The summed E-state index contributed by atoms with van der Waals surface area (Å²) in [5, 5.41) is 2.81. The van der Waals surface area contributed by atoms with Crippen molar-refractivity contribution >= 4 is 27.5 Å². The SMILES string of the molecule is Cc1ccc(N(CC(=O)N(Cc2ccccc2F)[C@H](C)C(=O)NCC(C)C)S(=O)(=O)c2ccccc2)cc1. The molecule has 0 saturated heterocycles. The van der Waals surface area contributed by atoms with Gasteiger partial charge in [0.15, 0.2) is 0 Å². The third-order valence-electron chi connectivity index (χ3n) is 6.08. The van der Waals surface area contributed by atoms with Crippen molar-refractivity contribution in [3.8, 4) is 0 Å². The molecule has 0 spiro atoms. The molecule has 2 amide bonds. The molecule has 0 heterocycles. The van der Waals surface area contributed by atoms with Gasteiger partial charge >= 0.3 is 0 Å². The monoisotopic (exact) mass is 539 g/mol. The van der Waals surface area contributed by atoms with Crippen LogP contribution in [0.25, 0.3) is 0 Å². The maximum atomic E-state index is 14.6. The Balaban J connectivity index is 2.00. The molecule has 0 saturated carbocycles. The number of rotatable bonds is 11. The Labute approximate surface area is 224 Å². The minimum Gasteiger partial charge on any atom is -0.354 e. The van der Waals surface area contributed by atoms with Gasteiger partial charge in [-0.05, 0) is 50.1 Å².